The van der Waals surface area contributed by atoms with Crippen LogP contribution in [0.15, 0.2) is 24.3 Å². The fourth-order valence-electron chi connectivity index (χ4n) is 5.60. The largest absolute Gasteiger partial charge is 0.494 e. The van der Waals surface area contributed by atoms with Gasteiger partial charge in [0, 0.05) is 12.5 Å². The van der Waals surface area contributed by atoms with Crippen molar-refractivity contribution in [1.29, 1.82) is 0 Å². The van der Waals surface area contributed by atoms with E-state index in [0.29, 0.717) is 11.5 Å². The third-order valence-electron chi connectivity index (χ3n) is 6.84. The summed E-state index contributed by atoms with van der Waals surface area (Å²) in [7, 11) is 1.89. The molecular weight excluding hydrogens is 296 g/mol. The minimum absolute atomic E-state index is 0.338. The molecule has 130 valence electrons. The van der Waals surface area contributed by atoms with Crippen LogP contribution in [0.3, 0.4) is 0 Å². The average Bonchev–Trinajstić information content (AvgIpc) is 2.95. The highest BCUT2D eigenvalue weighted by Gasteiger charge is 2.52. The number of methoxy groups -OCH3 is 1. The van der Waals surface area contributed by atoms with Gasteiger partial charge in [0.05, 0.1) is 12.7 Å². The number of hydrogen-bond acceptors (Lipinski definition) is 2. The lowest BCUT2D eigenvalue weighted by atomic mass is 9.60. The van der Waals surface area contributed by atoms with Crippen LogP contribution >= 0.6 is 0 Å². The molecule has 24 heavy (non-hydrogen) atoms. The summed E-state index contributed by atoms with van der Waals surface area (Å²) in [5.41, 5.74) is 4.91. The molecule has 0 aromatic heterocycles. The van der Waals surface area contributed by atoms with Crippen LogP contribution in [0.25, 0.3) is 5.57 Å². The smallest absolute Gasteiger partial charge is 0.119 e. The fraction of sp³-hybridized carbons (Fsp3) is 0.636. The fourth-order valence-corrected chi connectivity index (χ4v) is 5.60. The van der Waals surface area contributed by atoms with Crippen molar-refractivity contribution < 1.29 is 9.47 Å². The Morgan fingerprint density at radius 3 is 2.88 bits per heavy atom. The summed E-state index contributed by atoms with van der Waals surface area (Å²) < 4.78 is 11.7. The zero-order valence-electron chi connectivity index (χ0n) is 15.3. The Morgan fingerprint density at radius 1 is 1.21 bits per heavy atom. The van der Waals surface area contributed by atoms with Gasteiger partial charge < -0.3 is 9.47 Å². The normalized spacial score (nSPS) is 34.1. The van der Waals surface area contributed by atoms with Crippen molar-refractivity contribution in [1.82, 2.24) is 0 Å². The predicted octanol–water partition coefficient (Wildman–Crippen LogP) is 5.26. The number of rotatable bonds is 4. The van der Waals surface area contributed by atoms with Gasteiger partial charge in [-0.05, 0) is 79.2 Å². The summed E-state index contributed by atoms with van der Waals surface area (Å²) in [4.78, 5) is 0. The van der Waals surface area contributed by atoms with Gasteiger partial charge in [-0.3, -0.25) is 0 Å². The number of hydrogen-bond donors (Lipinski definition) is 0. The van der Waals surface area contributed by atoms with Crippen LogP contribution in [0.5, 0.6) is 5.75 Å². The predicted molar refractivity (Wildman–Crippen MR) is 98.3 cm³/mol. The number of benzene rings is 1. The first-order valence-corrected chi connectivity index (χ1v) is 9.66. The molecule has 3 aliphatic rings. The van der Waals surface area contributed by atoms with Gasteiger partial charge in [0.15, 0.2) is 0 Å². The summed E-state index contributed by atoms with van der Waals surface area (Å²) in [5.74, 6) is 2.54. The zero-order valence-corrected chi connectivity index (χ0v) is 15.3. The van der Waals surface area contributed by atoms with Gasteiger partial charge in [-0.1, -0.05) is 26.0 Å². The highest BCUT2D eigenvalue weighted by Crippen LogP contribution is 2.59. The molecule has 0 heterocycles. The van der Waals surface area contributed by atoms with Gasteiger partial charge in [0.1, 0.15) is 5.75 Å². The van der Waals surface area contributed by atoms with Crippen molar-refractivity contribution >= 4 is 5.57 Å². The van der Waals surface area contributed by atoms with Crippen LogP contribution in [-0.2, 0) is 11.2 Å². The highest BCUT2D eigenvalue weighted by atomic mass is 16.5. The Balaban J connectivity index is 1.65. The molecule has 2 nitrogen and oxygen atoms in total. The Hall–Kier alpha value is -1.28. The maximum atomic E-state index is 5.84. The first-order valence-electron chi connectivity index (χ1n) is 9.66. The zero-order chi connectivity index (χ0) is 16.7. The lowest BCUT2D eigenvalue weighted by Crippen LogP contribution is -2.40. The van der Waals surface area contributed by atoms with E-state index in [1.165, 1.54) is 36.8 Å². The van der Waals surface area contributed by atoms with Crippen molar-refractivity contribution in [3.63, 3.8) is 0 Å². The molecule has 0 spiro atoms. The Bertz CT molecular complexity index is 647. The first-order chi connectivity index (χ1) is 11.7. The van der Waals surface area contributed by atoms with E-state index in [0.717, 1.165) is 37.0 Å². The molecule has 0 saturated heterocycles. The third-order valence-corrected chi connectivity index (χ3v) is 6.84. The minimum atomic E-state index is 0.338. The SMILES string of the molecule is CCCOc1ccc2c(c1)CC[C@@H]1C2=CC[C@]2(C)[C@@H](OC)CC[C@@H]12. The molecule has 0 amide bonds. The Kier molecular flexibility index (Phi) is 4.20. The summed E-state index contributed by atoms with van der Waals surface area (Å²) >= 11 is 0. The number of fused-ring (bicyclic) bond motifs is 5. The van der Waals surface area contributed by atoms with E-state index in [9.17, 15) is 0 Å². The standard InChI is InChI=1S/C22H30O2/c1-4-13-24-16-6-8-17-15(14-16)5-7-19-18(17)11-12-22(2)20(19)9-10-21(22)23-3/h6,8,11,14,19-21H,4-5,7,9-10,12-13H2,1-3H3/t19-,20+,21+,22+/m1/s1. The quantitative estimate of drug-likeness (QED) is 0.752. The van der Waals surface area contributed by atoms with Crippen LogP contribution < -0.4 is 4.74 Å². The molecule has 0 unspecified atom stereocenters. The minimum Gasteiger partial charge on any atom is -0.494 e. The maximum absolute atomic E-state index is 5.84. The van der Waals surface area contributed by atoms with Crippen molar-refractivity contribution in [2.24, 2.45) is 17.3 Å². The molecule has 1 aromatic carbocycles. The number of aryl methyl sites for hydroxylation is 1. The summed E-state index contributed by atoms with van der Waals surface area (Å²) in [5, 5.41) is 0. The van der Waals surface area contributed by atoms with E-state index in [-0.39, 0.29) is 0 Å². The van der Waals surface area contributed by atoms with Crippen LogP contribution in [0, 0.1) is 17.3 Å². The number of ether oxygens (including phenoxy) is 2. The first kappa shape index (κ1) is 16.2. The summed E-state index contributed by atoms with van der Waals surface area (Å²) in [6.07, 6.45) is 10.2. The second-order valence-corrected chi connectivity index (χ2v) is 8.09. The molecule has 2 heteroatoms. The second-order valence-electron chi connectivity index (χ2n) is 8.09. The maximum Gasteiger partial charge on any atom is 0.119 e. The van der Waals surface area contributed by atoms with E-state index in [1.807, 2.05) is 7.11 Å². The number of allylic oxidation sites excluding steroid dienone is 2. The van der Waals surface area contributed by atoms with Crippen LogP contribution in [-0.4, -0.2) is 19.8 Å². The van der Waals surface area contributed by atoms with Crippen LogP contribution in [0.1, 0.15) is 57.1 Å². The molecule has 0 radical (unpaired) electrons. The molecule has 4 atom stereocenters. The molecule has 4 rings (SSSR count). The summed E-state index contributed by atoms with van der Waals surface area (Å²) in [6.45, 7) is 5.42. The highest BCUT2D eigenvalue weighted by molar-refractivity contribution is 5.73. The van der Waals surface area contributed by atoms with E-state index in [2.05, 4.69) is 38.1 Å². The van der Waals surface area contributed by atoms with Gasteiger partial charge in [0.2, 0.25) is 0 Å². The van der Waals surface area contributed by atoms with E-state index in [4.69, 9.17) is 9.47 Å². The molecule has 1 fully saturated rings. The van der Waals surface area contributed by atoms with Crippen LogP contribution in [0.4, 0.5) is 0 Å². The van der Waals surface area contributed by atoms with E-state index < -0.39 is 0 Å². The molecule has 0 bridgehead atoms. The average molecular weight is 326 g/mol. The topological polar surface area (TPSA) is 18.5 Å². The van der Waals surface area contributed by atoms with Crippen molar-refractivity contribution in [2.45, 2.75) is 58.5 Å². The summed E-state index contributed by atoms with van der Waals surface area (Å²) in [6, 6.07) is 6.75. The van der Waals surface area contributed by atoms with Gasteiger partial charge in [-0.25, -0.2) is 0 Å². The van der Waals surface area contributed by atoms with E-state index in [1.54, 1.807) is 5.57 Å². The van der Waals surface area contributed by atoms with Gasteiger partial charge in [-0.15, -0.1) is 0 Å². The monoisotopic (exact) mass is 326 g/mol. The van der Waals surface area contributed by atoms with Crippen molar-refractivity contribution in [3.05, 3.63) is 35.4 Å². The van der Waals surface area contributed by atoms with Crippen molar-refractivity contribution in [3.8, 4) is 5.75 Å². The van der Waals surface area contributed by atoms with Gasteiger partial charge in [0.25, 0.3) is 0 Å². The molecule has 1 saturated carbocycles. The van der Waals surface area contributed by atoms with E-state index >= 15 is 0 Å². The van der Waals surface area contributed by atoms with Crippen molar-refractivity contribution in [2.75, 3.05) is 13.7 Å². The lowest BCUT2D eigenvalue weighted by Gasteiger charge is -2.46. The molecular formula is C22H30O2. The van der Waals surface area contributed by atoms with Gasteiger partial charge >= 0.3 is 0 Å². The Morgan fingerprint density at radius 2 is 2.08 bits per heavy atom. The lowest BCUT2D eigenvalue weighted by molar-refractivity contribution is -0.00851. The molecule has 0 aliphatic heterocycles. The van der Waals surface area contributed by atoms with Gasteiger partial charge in [-0.2, -0.15) is 0 Å². The molecule has 0 N–H and O–H groups in total. The molecule has 3 aliphatic carbocycles. The third kappa shape index (κ3) is 2.42. The molecule has 1 aromatic rings. The second kappa shape index (κ2) is 6.22. The Labute approximate surface area is 146 Å². The van der Waals surface area contributed by atoms with Crippen LogP contribution in [0.2, 0.25) is 0 Å².